The van der Waals surface area contributed by atoms with Gasteiger partial charge in [-0.15, -0.1) is 0 Å². The van der Waals surface area contributed by atoms with Gasteiger partial charge in [0.2, 0.25) is 0 Å². The lowest BCUT2D eigenvalue weighted by atomic mass is 10.1. The first-order chi connectivity index (χ1) is 17.6. The maximum Gasteiger partial charge on any atom is 0.275 e. The van der Waals surface area contributed by atoms with E-state index >= 15 is 0 Å². The van der Waals surface area contributed by atoms with E-state index < -0.39 is 5.91 Å². The van der Waals surface area contributed by atoms with E-state index in [0.717, 1.165) is 10.8 Å². The van der Waals surface area contributed by atoms with Crippen molar-refractivity contribution in [3.63, 3.8) is 0 Å². The molecule has 0 aromatic heterocycles. The number of para-hydroxylation sites is 1. The molecule has 0 aliphatic heterocycles. The number of carbonyl (C=O) groups is 2. The Balaban J connectivity index is 1.39. The Labute approximate surface area is 208 Å². The molecule has 182 valence electrons. The topological polar surface area (TPSA) is 98.2 Å². The SMILES string of the molecule is COc1cc(/C=N\NC(=O)c2cc3ccccc3cc2OC)ccc1OCC(=O)Nc1ccccc1. The molecule has 0 aliphatic rings. The van der Waals surface area contributed by atoms with Crippen molar-refractivity contribution in [1.29, 1.82) is 0 Å². The first-order valence-corrected chi connectivity index (χ1v) is 11.1. The highest BCUT2D eigenvalue weighted by molar-refractivity contribution is 6.02. The molecule has 8 nitrogen and oxygen atoms in total. The molecule has 0 bridgehead atoms. The van der Waals surface area contributed by atoms with Crippen molar-refractivity contribution in [1.82, 2.24) is 5.43 Å². The van der Waals surface area contributed by atoms with Crippen molar-refractivity contribution in [2.75, 3.05) is 26.1 Å². The van der Waals surface area contributed by atoms with Crippen LogP contribution in [-0.2, 0) is 4.79 Å². The van der Waals surface area contributed by atoms with Gasteiger partial charge in [0, 0.05) is 5.69 Å². The number of methoxy groups -OCH3 is 2. The molecule has 4 aromatic carbocycles. The molecule has 4 rings (SSSR count). The van der Waals surface area contributed by atoms with E-state index in [-0.39, 0.29) is 12.5 Å². The second kappa shape index (κ2) is 11.5. The second-order valence-electron chi connectivity index (χ2n) is 7.71. The van der Waals surface area contributed by atoms with Crippen molar-refractivity contribution in [3.05, 3.63) is 96.1 Å². The van der Waals surface area contributed by atoms with Crippen LogP contribution in [-0.4, -0.2) is 38.9 Å². The molecule has 0 spiro atoms. The number of amides is 2. The van der Waals surface area contributed by atoms with Gasteiger partial charge in [-0.3, -0.25) is 9.59 Å². The highest BCUT2D eigenvalue weighted by Crippen LogP contribution is 2.28. The fourth-order valence-electron chi connectivity index (χ4n) is 3.54. The molecule has 0 saturated heterocycles. The summed E-state index contributed by atoms with van der Waals surface area (Å²) in [5.74, 6) is 0.601. The quantitative estimate of drug-likeness (QED) is 0.267. The van der Waals surface area contributed by atoms with Crippen molar-refractivity contribution in [2.24, 2.45) is 5.10 Å². The van der Waals surface area contributed by atoms with Crippen molar-refractivity contribution in [2.45, 2.75) is 0 Å². The number of nitrogens with one attached hydrogen (secondary N) is 2. The third-order valence-corrected chi connectivity index (χ3v) is 5.30. The third-order valence-electron chi connectivity index (χ3n) is 5.30. The van der Waals surface area contributed by atoms with Crippen molar-refractivity contribution in [3.8, 4) is 17.2 Å². The van der Waals surface area contributed by atoms with Gasteiger partial charge in [0.15, 0.2) is 18.1 Å². The van der Waals surface area contributed by atoms with Crippen LogP contribution < -0.4 is 25.0 Å². The summed E-state index contributed by atoms with van der Waals surface area (Å²) >= 11 is 0. The Morgan fingerprint density at radius 1 is 0.806 bits per heavy atom. The molecular weight excluding hydrogens is 458 g/mol. The first kappa shape index (κ1) is 24.3. The Hall–Kier alpha value is -4.85. The molecule has 8 heteroatoms. The standard InChI is InChI=1S/C28H25N3O5/c1-34-25-16-21-9-7-6-8-20(21)15-23(25)28(33)31-29-17-19-12-13-24(26(14-19)35-2)36-18-27(32)30-22-10-4-3-5-11-22/h3-17H,18H2,1-2H3,(H,30,32)(H,31,33)/b29-17-. The van der Waals surface area contributed by atoms with E-state index in [9.17, 15) is 9.59 Å². The molecule has 2 N–H and O–H groups in total. The Morgan fingerprint density at radius 2 is 1.50 bits per heavy atom. The van der Waals surface area contributed by atoms with E-state index in [1.807, 2.05) is 48.5 Å². The van der Waals surface area contributed by atoms with Crippen molar-refractivity contribution < 1.29 is 23.8 Å². The fraction of sp³-hybridized carbons (Fsp3) is 0.107. The molecule has 0 fully saturated rings. The van der Waals surface area contributed by atoms with E-state index in [4.69, 9.17) is 14.2 Å². The smallest absolute Gasteiger partial charge is 0.275 e. The summed E-state index contributed by atoms with van der Waals surface area (Å²) in [7, 11) is 3.02. The summed E-state index contributed by atoms with van der Waals surface area (Å²) in [6, 6.07) is 25.5. The van der Waals surface area contributed by atoms with E-state index in [2.05, 4.69) is 15.8 Å². The number of hydrogen-bond acceptors (Lipinski definition) is 6. The largest absolute Gasteiger partial charge is 0.496 e. The lowest BCUT2D eigenvalue weighted by Gasteiger charge is -2.11. The lowest BCUT2D eigenvalue weighted by molar-refractivity contribution is -0.118. The van der Waals surface area contributed by atoms with Crippen LogP contribution in [0.5, 0.6) is 17.2 Å². The van der Waals surface area contributed by atoms with Crippen LogP contribution in [0.2, 0.25) is 0 Å². The van der Waals surface area contributed by atoms with Gasteiger partial charge in [-0.05, 0) is 58.8 Å². The van der Waals surface area contributed by atoms with Gasteiger partial charge in [0.25, 0.3) is 11.8 Å². The lowest BCUT2D eigenvalue weighted by Crippen LogP contribution is -2.20. The summed E-state index contributed by atoms with van der Waals surface area (Å²) in [5, 5.41) is 8.71. The number of rotatable bonds is 9. The van der Waals surface area contributed by atoms with Gasteiger partial charge in [0.1, 0.15) is 5.75 Å². The summed E-state index contributed by atoms with van der Waals surface area (Å²) < 4.78 is 16.4. The number of anilines is 1. The Morgan fingerprint density at radius 3 is 2.22 bits per heavy atom. The minimum Gasteiger partial charge on any atom is -0.496 e. The minimum atomic E-state index is -0.398. The number of hydrazone groups is 1. The number of benzene rings is 4. The minimum absolute atomic E-state index is 0.178. The van der Waals surface area contributed by atoms with Crippen LogP contribution in [0.25, 0.3) is 10.8 Å². The molecule has 0 atom stereocenters. The molecule has 36 heavy (non-hydrogen) atoms. The van der Waals surface area contributed by atoms with Crippen LogP contribution in [0.3, 0.4) is 0 Å². The summed E-state index contributed by atoms with van der Waals surface area (Å²) in [4.78, 5) is 24.9. The van der Waals surface area contributed by atoms with Gasteiger partial charge in [-0.1, -0.05) is 42.5 Å². The monoisotopic (exact) mass is 483 g/mol. The second-order valence-corrected chi connectivity index (χ2v) is 7.71. The van der Waals surface area contributed by atoms with Crippen LogP contribution in [0, 0.1) is 0 Å². The number of ether oxygens (including phenoxy) is 3. The Kier molecular flexibility index (Phi) is 7.77. The zero-order chi connectivity index (χ0) is 25.3. The number of carbonyl (C=O) groups excluding carboxylic acids is 2. The molecule has 2 amide bonds. The molecule has 0 heterocycles. The zero-order valence-electron chi connectivity index (χ0n) is 19.9. The van der Waals surface area contributed by atoms with Crippen molar-refractivity contribution >= 4 is 34.5 Å². The van der Waals surface area contributed by atoms with Gasteiger partial charge >= 0.3 is 0 Å². The van der Waals surface area contributed by atoms with Gasteiger partial charge in [0.05, 0.1) is 26.0 Å². The molecule has 0 radical (unpaired) electrons. The zero-order valence-corrected chi connectivity index (χ0v) is 19.9. The maximum atomic E-state index is 12.7. The van der Waals surface area contributed by atoms with Crippen LogP contribution in [0.4, 0.5) is 5.69 Å². The summed E-state index contributed by atoms with van der Waals surface area (Å²) in [6.45, 7) is -0.178. The Bertz CT molecular complexity index is 1400. The highest BCUT2D eigenvalue weighted by Gasteiger charge is 2.13. The molecule has 4 aromatic rings. The van der Waals surface area contributed by atoms with Crippen LogP contribution in [0.1, 0.15) is 15.9 Å². The van der Waals surface area contributed by atoms with Crippen LogP contribution in [0.15, 0.2) is 90.0 Å². The predicted molar refractivity (Wildman–Crippen MR) is 139 cm³/mol. The highest BCUT2D eigenvalue weighted by atomic mass is 16.5. The molecule has 0 unspecified atom stereocenters. The first-order valence-electron chi connectivity index (χ1n) is 11.1. The number of hydrogen-bond donors (Lipinski definition) is 2. The van der Waals surface area contributed by atoms with Gasteiger partial charge < -0.3 is 19.5 Å². The van der Waals surface area contributed by atoms with Crippen LogP contribution >= 0.6 is 0 Å². The third kappa shape index (κ3) is 5.98. The van der Waals surface area contributed by atoms with E-state index in [1.54, 1.807) is 36.4 Å². The average Bonchev–Trinajstić information content (AvgIpc) is 2.91. The summed E-state index contributed by atoms with van der Waals surface area (Å²) in [5.41, 5.74) is 4.26. The van der Waals surface area contributed by atoms with E-state index in [1.165, 1.54) is 20.4 Å². The number of fused-ring (bicyclic) bond motifs is 1. The molecule has 0 saturated carbocycles. The molecular formula is C28H25N3O5. The fourth-order valence-corrected chi connectivity index (χ4v) is 3.54. The number of nitrogens with zero attached hydrogens (tertiary/aromatic N) is 1. The van der Waals surface area contributed by atoms with Gasteiger partial charge in [-0.2, -0.15) is 5.10 Å². The maximum absolute atomic E-state index is 12.7. The molecule has 0 aliphatic carbocycles. The van der Waals surface area contributed by atoms with Gasteiger partial charge in [-0.25, -0.2) is 5.43 Å². The predicted octanol–water partition coefficient (Wildman–Crippen LogP) is 4.64. The summed E-state index contributed by atoms with van der Waals surface area (Å²) in [6.07, 6.45) is 1.49. The van der Waals surface area contributed by atoms with E-state index in [0.29, 0.717) is 34.1 Å². The normalized spacial score (nSPS) is 10.7. The average molecular weight is 484 g/mol.